The van der Waals surface area contributed by atoms with Crippen molar-refractivity contribution in [2.45, 2.75) is 40.0 Å². The first-order valence-electron chi connectivity index (χ1n) is 6.08. The zero-order valence-electron chi connectivity index (χ0n) is 10.4. The van der Waals surface area contributed by atoms with E-state index in [-0.39, 0.29) is 0 Å². The van der Waals surface area contributed by atoms with Gasteiger partial charge in [-0.05, 0) is 0 Å². The van der Waals surface area contributed by atoms with Crippen LogP contribution in [0, 0.1) is 0 Å². The van der Waals surface area contributed by atoms with Crippen molar-refractivity contribution in [3.8, 4) is 0 Å². The van der Waals surface area contributed by atoms with E-state index in [1.807, 2.05) is 0 Å². The minimum atomic E-state index is -0.415. The molecule has 0 aliphatic heterocycles. The van der Waals surface area contributed by atoms with Gasteiger partial charge in [-0.3, -0.25) is 0 Å². The second-order valence-corrected chi connectivity index (χ2v) is 9.15. The molecule has 2 aliphatic carbocycles. The van der Waals surface area contributed by atoms with Gasteiger partial charge >= 0.3 is 110 Å². The molecule has 0 N–H and O–H groups in total. The zero-order valence-corrected chi connectivity index (χ0v) is 12.9. The molecule has 0 atom stereocenters. The van der Waals surface area contributed by atoms with Crippen molar-refractivity contribution in [2.24, 2.45) is 0 Å². The first-order chi connectivity index (χ1) is 7.72. The summed E-state index contributed by atoms with van der Waals surface area (Å²) in [6, 6.07) is 0. The Morgan fingerprint density at radius 3 is 2.69 bits per heavy atom. The maximum absolute atomic E-state index is 2.47. The van der Waals surface area contributed by atoms with Gasteiger partial charge in [0.1, 0.15) is 0 Å². The second kappa shape index (κ2) is 5.36. The molecule has 0 nitrogen and oxygen atoms in total. The molecular weight excluding hydrogens is 271 g/mol. The summed E-state index contributed by atoms with van der Waals surface area (Å²) in [6.45, 7) is 6.90. The van der Waals surface area contributed by atoms with Gasteiger partial charge in [0.15, 0.2) is 0 Å². The molecule has 1 heteroatoms. The molecule has 0 heterocycles. The molecule has 0 spiro atoms. The van der Waals surface area contributed by atoms with Crippen LogP contribution >= 0.6 is 0 Å². The van der Waals surface area contributed by atoms with Crippen molar-refractivity contribution in [2.75, 3.05) is 0 Å². The predicted octanol–water partition coefficient (Wildman–Crippen LogP) is 4.16. The predicted molar refractivity (Wildman–Crippen MR) is 68.2 cm³/mol. The fourth-order valence-electron chi connectivity index (χ4n) is 2.39. The number of hydrogen-bond acceptors (Lipinski definition) is 0. The second-order valence-electron chi connectivity index (χ2n) is 4.59. The van der Waals surface area contributed by atoms with Crippen molar-refractivity contribution in [3.05, 3.63) is 44.3 Å². The average Bonchev–Trinajstić information content (AvgIpc) is 2.84. The summed E-state index contributed by atoms with van der Waals surface area (Å²) in [4.78, 5) is 0. The quantitative estimate of drug-likeness (QED) is 0.732. The molecule has 16 heavy (non-hydrogen) atoms. The zero-order chi connectivity index (χ0) is 11.5. The summed E-state index contributed by atoms with van der Waals surface area (Å²) in [7, 11) is 0. The standard InChI is InChI=1S/C12H13.C3H6.Zr/c1-2-10-8-5-9-12(10)11-6-3-4-7-11;1-3-2;/h3-4,6,8H,2,5,7H2,1H3;1-2H3;. The molecule has 0 saturated carbocycles. The molecule has 0 amide bonds. The SMILES string of the molecule is CCC1=CC[C]([Zr]=[C](C)C)=C1C1=CC=CC1. The van der Waals surface area contributed by atoms with Crippen LogP contribution in [0.3, 0.4) is 0 Å². The topological polar surface area (TPSA) is 0 Å². The van der Waals surface area contributed by atoms with E-state index in [1.165, 1.54) is 12.8 Å². The van der Waals surface area contributed by atoms with Crippen LogP contribution in [-0.2, 0) is 22.8 Å². The summed E-state index contributed by atoms with van der Waals surface area (Å²) < 4.78 is 3.49. The summed E-state index contributed by atoms with van der Waals surface area (Å²) in [5.74, 6) is 0. The molecular formula is C15H19Zr. The Balaban J connectivity index is 2.39. The monoisotopic (exact) mass is 289 g/mol. The van der Waals surface area contributed by atoms with Gasteiger partial charge in [-0.15, -0.1) is 0 Å². The average molecular weight is 291 g/mol. The molecule has 0 aromatic carbocycles. The van der Waals surface area contributed by atoms with Crippen LogP contribution in [0.1, 0.15) is 40.0 Å². The van der Waals surface area contributed by atoms with Gasteiger partial charge in [-0.25, -0.2) is 0 Å². The van der Waals surface area contributed by atoms with Crippen molar-refractivity contribution < 1.29 is 22.8 Å². The molecule has 0 bridgehead atoms. The number of hydrogen-bond donors (Lipinski definition) is 0. The normalized spacial score (nSPS) is 18.7. The third-order valence-electron chi connectivity index (χ3n) is 3.05. The summed E-state index contributed by atoms with van der Waals surface area (Å²) >= 11 is -0.415. The molecule has 0 aromatic heterocycles. The van der Waals surface area contributed by atoms with Crippen LogP contribution in [-0.4, -0.2) is 3.21 Å². The van der Waals surface area contributed by atoms with Gasteiger partial charge in [0.2, 0.25) is 0 Å². The van der Waals surface area contributed by atoms with E-state index in [4.69, 9.17) is 0 Å². The molecule has 83 valence electrons. The van der Waals surface area contributed by atoms with Gasteiger partial charge in [0.05, 0.1) is 0 Å². The van der Waals surface area contributed by atoms with E-state index in [9.17, 15) is 0 Å². The summed E-state index contributed by atoms with van der Waals surface area (Å²) in [5.41, 5.74) is 4.83. The third kappa shape index (κ3) is 2.51. The van der Waals surface area contributed by atoms with Gasteiger partial charge in [0, 0.05) is 0 Å². The molecule has 0 fully saturated rings. The molecule has 2 aliphatic rings. The van der Waals surface area contributed by atoms with E-state index in [2.05, 4.69) is 45.1 Å². The maximum atomic E-state index is 2.47. The van der Waals surface area contributed by atoms with Crippen LogP contribution in [0.4, 0.5) is 0 Å². The first kappa shape index (κ1) is 12.2. The van der Waals surface area contributed by atoms with Gasteiger partial charge in [-0.1, -0.05) is 0 Å². The Bertz CT molecular complexity index is 438. The van der Waals surface area contributed by atoms with Crippen molar-refractivity contribution in [3.63, 3.8) is 0 Å². The van der Waals surface area contributed by atoms with E-state index in [0.717, 1.165) is 6.42 Å². The Hall–Kier alpha value is -0.287. The summed E-state index contributed by atoms with van der Waals surface area (Å²) in [6.07, 6.45) is 12.9. The first-order valence-corrected chi connectivity index (χ1v) is 8.54. The Labute approximate surface area is 110 Å². The molecule has 0 radical (unpaired) electrons. The van der Waals surface area contributed by atoms with Gasteiger partial charge < -0.3 is 0 Å². The molecule has 0 aromatic rings. The number of rotatable bonds is 3. The van der Waals surface area contributed by atoms with Crippen molar-refractivity contribution >= 4 is 3.21 Å². The Kier molecular flexibility index (Phi) is 4.08. The third-order valence-corrected chi connectivity index (χ3v) is 6.14. The van der Waals surface area contributed by atoms with Crippen molar-refractivity contribution in [1.82, 2.24) is 0 Å². The van der Waals surface area contributed by atoms with Crippen LogP contribution in [0.25, 0.3) is 0 Å². The molecule has 2 rings (SSSR count). The fourth-order valence-corrected chi connectivity index (χ4v) is 5.47. The molecule has 0 unspecified atom stereocenters. The van der Waals surface area contributed by atoms with E-state index in [0.29, 0.717) is 0 Å². The Morgan fingerprint density at radius 1 is 1.31 bits per heavy atom. The minimum absolute atomic E-state index is 0.415. The van der Waals surface area contributed by atoms with Gasteiger partial charge in [0.25, 0.3) is 0 Å². The van der Waals surface area contributed by atoms with E-state index in [1.54, 1.807) is 23.2 Å². The van der Waals surface area contributed by atoms with Crippen LogP contribution in [0.15, 0.2) is 44.3 Å². The Morgan fingerprint density at radius 2 is 2.12 bits per heavy atom. The van der Waals surface area contributed by atoms with Crippen LogP contribution < -0.4 is 0 Å². The van der Waals surface area contributed by atoms with E-state index >= 15 is 0 Å². The molecule has 0 saturated heterocycles. The van der Waals surface area contributed by atoms with Gasteiger partial charge in [-0.2, -0.15) is 0 Å². The van der Waals surface area contributed by atoms with Crippen molar-refractivity contribution in [1.29, 1.82) is 0 Å². The van der Waals surface area contributed by atoms with Crippen LogP contribution in [0.2, 0.25) is 0 Å². The van der Waals surface area contributed by atoms with Crippen LogP contribution in [0.5, 0.6) is 0 Å². The fraction of sp³-hybridized carbons (Fsp3) is 0.400. The number of allylic oxidation sites excluding steroid dienone is 8. The van der Waals surface area contributed by atoms with E-state index < -0.39 is 22.8 Å². The summed E-state index contributed by atoms with van der Waals surface area (Å²) in [5, 5.41) is 0.